The summed E-state index contributed by atoms with van der Waals surface area (Å²) in [5.74, 6) is 0.932. The minimum atomic E-state index is -0.695. The first-order chi connectivity index (χ1) is 35.1. The standard InChI is InChI=1S/C46H58BrN9O16/c1-63-41-9-8-38(47)43-42(41)37(29-49-43)46(58)53-13-11-52(12-14-53)45(57)34-4-2-5-36(28-34)72-27-26-68-25-24-67-23-22-66-21-20-65-19-18-64-17-15-54-30-35(50-51-54)31-70-33-71-32-69-16-10-48-44-39(55(59)60)6-3-7-40(44)56(61)62/h2-9,28-30,48-49H,10-27,31-33H2,1H3. The molecule has 0 aliphatic carbocycles. The zero-order chi connectivity index (χ0) is 50.9. The van der Waals surface area contributed by atoms with Gasteiger partial charge in [-0.15, -0.1) is 5.10 Å². The number of nitro groups is 2. The van der Waals surface area contributed by atoms with Gasteiger partial charge in [-0.2, -0.15) is 0 Å². The topological polar surface area (TPSA) is 278 Å². The number of carbonyl (C=O) groups excluding carboxylic acids is 2. The van der Waals surface area contributed by atoms with Gasteiger partial charge in [-0.05, 0) is 52.3 Å². The first-order valence-electron chi connectivity index (χ1n) is 23.0. The number of piperazine rings is 1. The van der Waals surface area contributed by atoms with Crippen LogP contribution in [-0.4, -0.2) is 184 Å². The molecule has 2 N–H and O–H groups in total. The van der Waals surface area contributed by atoms with Crippen LogP contribution < -0.4 is 14.8 Å². The van der Waals surface area contributed by atoms with Crippen LogP contribution in [0.3, 0.4) is 0 Å². The number of benzene rings is 3. The number of rotatable bonds is 34. The zero-order valence-corrected chi connectivity index (χ0v) is 41.3. The quantitative estimate of drug-likeness (QED) is 0.0245. The molecule has 26 heteroatoms. The number of halogens is 1. The fourth-order valence-electron chi connectivity index (χ4n) is 7.20. The minimum absolute atomic E-state index is 0.0707. The van der Waals surface area contributed by atoms with Gasteiger partial charge in [-0.1, -0.05) is 11.3 Å². The van der Waals surface area contributed by atoms with Crippen LogP contribution in [0, 0.1) is 20.2 Å². The molecule has 1 aliphatic rings. The Kier molecular flexibility index (Phi) is 22.8. The predicted octanol–water partition coefficient (Wildman–Crippen LogP) is 4.68. The minimum Gasteiger partial charge on any atom is -0.496 e. The molecule has 0 saturated carbocycles. The number of hydrogen-bond acceptors (Lipinski definition) is 19. The van der Waals surface area contributed by atoms with Crippen LogP contribution in [0.1, 0.15) is 26.4 Å². The highest BCUT2D eigenvalue weighted by Gasteiger charge is 2.29. The molecule has 1 fully saturated rings. The molecule has 0 unspecified atom stereocenters. The molecule has 1 saturated heterocycles. The number of ether oxygens (including phenoxy) is 10. The number of nitrogens with one attached hydrogen (secondary N) is 2. The third kappa shape index (κ3) is 16.9. The van der Waals surface area contributed by atoms with Crippen molar-refractivity contribution in [3.8, 4) is 11.5 Å². The number of nitro benzene ring substituents is 2. The summed E-state index contributed by atoms with van der Waals surface area (Å²) in [5.41, 5.74) is 1.42. The molecule has 0 spiro atoms. The van der Waals surface area contributed by atoms with E-state index in [1.807, 2.05) is 12.1 Å². The Hall–Kier alpha value is -6.36. The SMILES string of the molecule is COc1ccc(Br)c2[nH]cc(C(=O)N3CCN(C(=O)c4cccc(OCCOCCOCCOCCOCCOCCn5cc(COCOCOCCNc6c([N+](=O)[O-])cccc6[N+](=O)[O-])nn5)c4)CC3)c12. The lowest BCUT2D eigenvalue weighted by Crippen LogP contribution is -2.50. The summed E-state index contributed by atoms with van der Waals surface area (Å²) in [6, 6.07) is 14.4. The molecule has 72 heavy (non-hydrogen) atoms. The number of aromatic amines is 1. The van der Waals surface area contributed by atoms with Crippen molar-refractivity contribution in [2.75, 3.05) is 138 Å². The van der Waals surface area contributed by atoms with E-state index in [1.165, 1.54) is 18.2 Å². The second-order valence-electron chi connectivity index (χ2n) is 15.5. The maximum absolute atomic E-state index is 13.5. The summed E-state index contributed by atoms with van der Waals surface area (Å²) in [6.07, 6.45) is 3.43. The van der Waals surface area contributed by atoms with E-state index in [0.29, 0.717) is 134 Å². The van der Waals surface area contributed by atoms with Crippen molar-refractivity contribution in [1.82, 2.24) is 29.8 Å². The molecule has 3 aromatic carbocycles. The summed E-state index contributed by atoms with van der Waals surface area (Å²) in [7, 11) is 1.58. The molecule has 0 atom stereocenters. The number of fused-ring (bicyclic) bond motifs is 1. The van der Waals surface area contributed by atoms with Crippen LogP contribution >= 0.6 is 15.9 Å². The first kappa shape index (κ1) is 55.0. The highest BCUT2D eigenvalue weighted by Crippen LogP contribution is 2.35. The van der Waals surface area contributed by atoms with E-state index in [-0.39, 0.29) is 50.8 Å². The Balaban J connectivity index is 0.691. The van der Waals surface area contributed by atoms with Gasteiger partial charge >= 0.3 is 0 Å². The lowest BCUT2D eigenvalue weighted by Gasteiger charge is -2.34. The largest absolute Gasteiger partial charge is 0.496 e. The number of nitrogens with zero attached hydrogens (tertiary/aromatic N) is 7. The number of para-hydroxylation sites is 1. The number of amides is 2. The second kappa shape index (κ2) is 29.9. The zero-order valence-electron chi connectivity index (χ0n) is 39.7. The van der Waals surface area contributed by atoms with Gasteiger partial charge in [-0.25, -0.2) is 4.68 Å². The summed E-state index contributed by atoms with van der Waals surface area (Å²) in [4.78, 5) is 54.6. The van der Waals surface area contributed by atoms with Crippen molar-refractivity contribution in [2.24, 2.45) is 0 Å². The normalized spacial score (nSPS) is 12.6. The molecule has 3 heterocycles. The smallest absolute Gasteiger partial charge is 0.299 e. The fourth-order valence-corrected chi connectivity index (χ4v) is 7.64. The van der Waals surface area contributed by atoms with Gasteiger partial charge in [0.2, 0.25) is 0 Å². The number of H-pyrrole nitrogens is 1. The van der Waals surface area contributed by atoms with Gasteiger partial charge in [-0.3, -0.25) is 29.8 Å². The third-order valence-corrected chi connectivity index (χ3v) is 11.4. The van der Waals surface area contributed by atoms with Crippen molar-refractivity contribution >= 4 is 55.7 Å². The summed E-state index contributed by atoms with van der Waals surface area (Å²) in [6.45, 7) is 6.52. The van der Waals surface area contributed by atoms with E-state index in [4.69, 9.17) is 47.4 Å². The Labute approximate surface area is 422 Å². The Bertz CT molecular complexity index is 2470. The average Bonchev–Trinajstić information content (AvgIpc) is 4.06. The molecular formula is C46H58BrN9O16. The number of carbonyl (C=O) groups is 2. The second-order valence-corrected chi connectivity index (χ2v) is 16.4. The maximum Gasteiger partial charge on any atom is 0.299 e. The maximum atomic E-state index is 13.5. The number of methoxy groups -OCH3 is 1. The highest BCUT2D eigenvalue weighted by molar-refractivity contribution is 9.10. The fraction of sp³-hybridized carbons (Fsp3) is 0.478. The van der Waals surface area contributed by atoms with Crippen molar-refractivity contribution < 1.29 is 66.8 Å². The molecular weight excluding hydrogens is 1010 g/mol. The van der Waals surface area contributed by atoms with Crippen LogP contribution in [0.2, 0.25) is 0 Å². The first-order valence-corrected chi connectivity index (χ1v) is 23.8. The van der Waals surface area contributed by atoms with Crippen LogP contribution in [-0.2, 0) is 51.0 Å². The number of aromatic nitrogens is 4. The van der Waals surface area contributed by atoms with Crippen LogP contribution in [0.5, 0.6) is 11.5 Å². The van der Waals surface area contributed by atoms with Crippen molar-refractivity contribution in [3.63, 3.8) is 0 Å². The number of hydrogen-bond donors (Lipinski definition) is 2. The van der Waals surface area contributed by atoms with Crippen LogP contribution in [0.25, 0.3) is 10.9 Å². The molecule has 0 bridgehead atoms. The third-order valence-electron chi connectivity index (χ3n) is 10.7. The van der Waals surface area contributed by atoms with E-state index < -0.39 is 21.2 Å². The monoisotopic (exact) mass is 1070 g/mol. The van der Waals surface area contributed by atoms with Gasteiger partial charge in [0.1, 0.15) is 37.4 Å². The average molecular weight is 1070 g/mol. The molecule has 5 aromatic rings. The van der Waals surface area contributed by atoms with Gasteiger partial charge in [0.25, 0.3) is 23.2 Å². The number of anilines is 1. The Morgan fingerprint density at radius 2 is 1.32 bits per heavy atom. The molecule has 1 aliphatic heterocycles. The van der Waals surface area contributed by atoms with Gasteiger partial charge in [0.05, 0.1) is 125 Å². The van der Waals surface area contributed by atoms with Crippen molar-refractivity contribution in [3.05, 3.63) is 109 Å². The van der Waals surface area contributed by atoms with Gasteiger partial charge in [0, 0.05) is 61.1 Å². The molecule has 0 radical (unpaired) electrons. The van der Waals surface area contributed by atoms with E-state index in [2.05, 4.69) is 36.5 Å². The van der Waals surface area contributed by atoms with Gasteiger partial charge < -0.3 is 67.5 Å². The molecule has 2 aromatic heterocycles. The van der Waals surface area contributed by atoms with Crippen LogP contribution in [0.15, 0.2) is 71.5 Å². The Morgan fingerprint density at radius 3 is 1.96 bits per heavy atom. The molecule has 25 nitrogen and oxygen atoms in total. The molecule has 390 valence electrons. The van der Waals surface area contributed by atoms with Gasteiger partial charge in [0.15, 0.2) is 5.69 Å². The van der Waals surface area contributed by atoms with E-state index >= 15 is 0 Å². The molecule has 2 amide bonds. The highest BCUT2D eigenvalue weighted by atomic mass is 79.9. The van der Waals surface area contributed by atoms with Crippen molar-refractivity contribution in [2.45, 2.75) is 13.2 Å². The lowest BCUT2D eigenvalue weighted by atomic mass is 10.1. The van der Waals surface area contributed by atoms with E-state index in [0.717, 1.165) is 15.4 Å². The molecule has 6 rings (SSSR count). The predicted molar refractivity (Wildman–Crippen MR) is 260 cm³/mol. The lowest BCUT2D eigenvalue weighted by molar-refractivity contribution is -0.392. The summed E-state index contributed by atoms with van der Waals surface area (Å²) in [5, 5.41) is 33.9. The van der Waals surface area contributed by atoms with Crippen molar-refractivity contribution in [1.29, 1.82) is 0 Å². The van der Waals surface area contributed by atoms with Crippen LogP contribution in [0.4, 0.5) is 17.1 Å². The van der Waals surface area contributed by atoms with E-state index in [1.54, 1.807) is 58.3 Å². The Morgan fingerprint density at radius 1 is 0.722 bits per heavy atom. The van der Waals surface area contributed by atoms with E-state index in [9.17, 15) is 29.8 Å². The summed E-state index contributed by atoms with van der Waals surface area (Å²) >= 11 is 3.53. The summed E-state index contributed by atoms with van der Waals surface area (Å²) < 4.78 is 57.6.